The number of hydrogen-bond donors (Lipinski definition) is 2. The van der Waals surface area contributed by atoms with E-state index in [1.54, 1.807) is 16.7 Å². The number of aromatic nitrogens is 2. The second kappa shape index (κ2) is 9.23. The van der Waals surface area contributed by atoms with Crippen molar-refractivity contribution in [3.8, 4) is 11.5 Å². The Hall–Kier alpha value is -2.65. The summed E-state index contributed by atoms with van der Waals surface area (Å²) in [7, 11) is 0. The summed E-state index contributed by atoms with van der Waals surface area (Å²) >= 11 is 7.33. The number of aliphatic carboxylic acids is 1. The lowest BCUT2D eigenvalue weighted by atomic mass is 10.2. The van der Waals surface area contributed by atoms with Gasteiger partial charge in [0.05, 0.1) is 6.54 Å². The van der Waals surface area contributed by atoms with Gasteiger partial charge in [0.2, 0.25) is 6.79 Å². The van der Waals surface area contributed by atoms with E-state index in [-0.39, 0.29) is 24.1 Å². The monoisotopic (exact) mass is 438 g/mol. The van der Waals surface area contributed by atoms with Crippen LogP contribution >= 0.6 is 23.4 Å². The van der Waals surface area contributed by atoms with Crippen molar-refractivity contribution in [2.45, 2.75) is 37.8 Å². The summed E-state index contributed by atoms with van der Waals surface area (Å²) < 4.78 is 12.3. The number of hydrogen-bond acceptors (Lipinski definition) is 6. The number of carboxylic acid groups (broad SMARTS) is 2. The Balaban J connectivity index is 2.02. The summed E-state index contributed by atoms with van der Waals surface area (Å²) in [6.45, 7) is 2.33. The second-order valence-corrected chi connectivity index (χ2v) is 7.53. The number of nitrogens with zero attached hydrogens (tertiary/aromatic N) is 2. The van der Waals surface area contributed by atoms with Crippen LogP contribution in [0.2, 0.25) is 5.02 Å². The molecule has 0 saturated heterocycles. The molecule has 0 fully saturated rings. The number of aryl methyl sites for hydroxylation is 1. The molecule has 0 saturated carbocycles. The van der Waals surface area contributed by atoms with Gasteiger partial charge in [-0.1, -0.05) is 36.7 Å². The van der Waals surface area contributed by atoms with Crippen molar-refractivity contribution in [3.05, 3.63) is 45.7 Å². The van der Waals surface area contributed by atoms with Crippen molar-refractivity contribution >= 4 is 35.3 Å². The predicted molar refractivity (Wildman–Crippen MR) is 107 cm³/mol. The third kappa shape index (κ3) is 4.86. The van der Waals surface area contributed by atoms with Crippen molar-refractivity contribution < 1.29 is 29.3 Å². The molecule has 1 aliphatic rings. The maximum Gasteiger partial charge on any atom is 0.355 e. The third-order valence-electron chi connectivity index (χ3n) is 4.23. The van der Waals surface area contributed by atoms with Crippen molar-refractivity contribution in [1.82, 2.24) is 9.55 Å². The highest BCUT2D eigenvalue weighted by atomic mass is 35.5. The van der Waals surface area contributed by atoms with E-state index in [1.165, 1.54) is 5.41 Å². The van der Waals surface area contributed by atoms with Crippen LogP contribution in [0.5, 0.6) is 11.5 Å². The van der Waals surface area contributed by atoms with E-state index in [2.05, 4.69) is 4.98 Å². The number of imidazole rings is 1. The molecule has 0 bridgehead atoms. The van der Waals surface area contributed by atoms with Crippen LogP contribution in [0, 0.1) is 0 Å². The number of rotatable bonds is 9. The Bertz CT molecular complexity index is 972. The molecule has 0 atom stereocenters. The first kappa shape index (κ1) is 21.1. The van der Waals surface area contributed by atoms with E-state index in [0.717, 1.165) is 30.7 Å². The zero-order chi connectivity index (χ0) is 21.0. The minimum atomic E-state index is -1.15. The number of benzene rings is 1. The molecule has 29 heavy (non-hydrogen) atoms. The topological polar surface area (TPSA) is 111 Å². The molecule has 2 N–H and O–H groups in total. The SMILES string of the molecule is CCCCc1nc(S/C=C/C(=O)O)c(C(=O)O)n1Cc1cc2c(cc1Cl)OCO2. The number of unbranched alkanes of at least 4 members (excludes halogenated alkanes) is 1. The Morgan fingerprint density at radius 1 is 1.31 bits per heavy atom. The van der Waals surface area contributed by atoms with E-state index >= 15 is 0 Å². The van der Waals surface area contributed by atoms with Gasteiger partial charge < -0.3 is 24.3 Å². The summed E-state index contributed by atoms with van der Waals surface area (Å²) in [5.41, 5.74) is 0.663. The minimum Gasteiger partial charge on any atom is -0.478 e. The Kier molecular flexibility index (Phi) is 6.71. The average Bonchev–Trinajstić information content (AvgIpc) is 3.24. The first-order valence-electron chi connectivity index (χ1n) is 8.87. The number of ether oxygens (including phenoxy) is 2. The van der Waals surface area contributed by atoms with Crippen molar-refractivity contribution in [3.63, 3.8) is 0 Å². The van der Waals surface area contributed by atoms with Gasteiger partial charge in [-0.05, 0) is 23.5 Å². The van der Waals surface area contributed by atoms with Gasteiger partial charge in [-0.2, -0.15) is 0 Å². The lowest BCUT2D eigenvalue weighted by Crippen LogP contribution is -2.13. The molecular weight excluding hydrogens is 420 g/mol. The molecule has 2 aromatic rings. The summed E-state index contributed by atoms with van der Waals surface area (Å²) in [5, 5.41) is 20.5. The highest BCUT2D eigenvalue weighted by Crippen LogP contribution is 2.37. The Labute approximate surface area is 176 Å². The molecule has 2 heterocycles. The van der Waals surface area contributed by atoms with Gasteiger partial charge in [0.1, 0.15) is 10.9 Å². The largest absolute Gasteiger partial charge is 0.478 e. The highest BCUT2D eigenvalue weighted by Gasteiger charge is 2.24. The lowest BCUT2D eigenvalue weighted by Gasteiger charge is -2.12. The van der Waals surface area contributed by atoms with E-state index in [9.17, 15) is 14.7 Å². The number of aromatic carboxylic acids is 1. The number of fused-ring (bicyclic) bond motifs is 1. The van der Waals surface area contributed by atoms with E-state index in [4.69, 9.17) is 26.2 Å². The van der Waals surface area contributed by atoms with E-state index in [0.29, 0.717) is 34.3 Å². The zero-order valence-corrected chi connectivity index (χ0v) is 17.1. The maximum absolute atomic E-state index is 12.0. The normalized spacial score (nSPS) is 12.6. The molecule has 3 rings (SSSR count). The van der Waals surface area contributed by atoms with Gasteiger partial charge in [-0.25, -0.2) is 14.6 Å². The van der Waals surface area contributed by atoms with Crippen LogP contribution in [0.4, 0.5) is 0 Å². The van der Waals surface area contributed by atoms with Crippen LogP contribution in [0.25, 0.3) is 0 Å². The molecule has 0 spiro atoms. The predicted octanol–water partition coefficient (Wildman–Crippen LogP) is 4.04. The molecule has 1 aromatic heterocycles. The zero-order valence-electron chi connectivity index (χ0n) is 15.6. The van der Waals surface area contributed by atoms with Crippen LogP contribution in [0.15, 0.2) is 28.6 Å². The number of halogens is 1. The molecular formula is C19H19ClN2O6S. The van der Waals surface area contributed by atoms with E-state index in [1.807, 2.05) is 6.92 Å². The van der Waals surface area contributed by atoms with Gasteiger partial charge in [0.25, 0.3) is 0 Å². The lowest BCUT2D eigenvalue weighted by molar-refractivity contribution is -0.131. The molecule has 0 radical (unpaired) electrons. The van der Waals surface area contributed by atoms with Crippen LogP contribution in [0.1, 0.15) is 41.6 Å². The second-order valence-electron chi connectivity index (χ2n) is 6.23. The average molecular weight is 439 g/mol. The summed E-state index contributed by atoms with van der Waals surface area (Å²) in [6, 6.07) is 3.38. The molecule has 1 aromatic carbocycles. The number of carboxylic acids is 2. The standard InChI is InChI=1S/C19H19ClN2O6S/c1-2-3-4-15-21-18(29-6-5-16(23)24)17(19(25)26)22(15)9-11-7-13-14(8-12(11)20)28-10-27-13/h5-8H,2-4,9-10H2,1H3,(H,23,24)(H,25,26)/b6-5+. The molecule has 1 aliphatic heterocycles. The first-order valence-corrected chi connectivity index (χ1v) is 10.1. The fraction of sp³-hybridized carbons (Fsp3) is 0.316. The van der Waals surface area contributed by atoms with Gasteiger partial charge in [-0.3, -0.25) is 0 Å². The molecule has 10 heteroatoms. The van der Waals surface area contributed by atoms with Crippen LogP contribution in [-0.4, -0.2) is 38.5 Å². The smallest absolute Gasteiger partial charge is 0.355 e. The van der Waals surface area contributed by atoms with E-state index < -0.39 is 11.9 Å². The Morgan fingerprint density at radius 3 is 2.69 bits per heavy atom. The molecule has 0 aliphatic carbocycles. The number of thioether (sulfide) groups is 1. The summed E-state index contributed by atoms with van der Waals surface area (Å²) in [5.74, 6) is -0.570. The van der Waals surface area contributed by atoms with Crippen molar-refractivity contribution in [2.75, 3.05) is 6.79 Å². The molecule has 154 valence electrons. The maximum atomic E-state index is 12.0. The quantitative estimate of drug-likeness (QED) is 0.445. The molecule has 0 unspecified atom stereocenters. The highest BCUT2D eigenvalue weighted by molar-refractivity contribution is 8.02. The van der Waals surface area contributed by atoms with Gasteiger partial charge >= 0.3 is 11.9 Å². The fourth-order valence-corrected chi connectivity index (χ4v) is 3.86. The fourth-order valence-electron chi connectivity index (χ4n) is 2.87. The summed E-state index contributed by atoms with van der Waals surface area (Å²) in [4.78, 5) is 27.2. The van der Waals surface area contributed by atoms with Crippen LogP contribution < -0.4 is 9.47 Å². The Morgan fingerprint density at radius 2 is 2.03 bits per heavy atom. The van der Waals surface area contributed by atoms with Gasteiger partial charge in [0, 0.05) is 23.6 Å². The molecule has 8 nitrogen and oxygen atoms in total. The minimum absolute atomic E-state index is 0.00937. The van der Waals surface area contributed by atoms with Crippen molar-refractivity contribution in [1.29, 1.82) is 0 Å². The van der Waals surface area contributed by atoms with Crippen molar-refractivity contribution in [2.24, 2.45) is 0 Å². The van der Waals surface area contributed by atoms with Gasteiger partial charge in [-0.15, -0.1) is 0 Å². The van der Waals surface area contributed by atoms with Crippen LogP contribution in [-0.2, 0) is 17.8 Å². The molecule has 0 amide bonds. The van der Waals surface area contributed by atoms with Crippen LogP contribution in [0.3, 0.4) is 0 Å². The third-order valence-corrected chi connectivity index (χ3v) is 5.36. The number of carbonyl (C=O) groups is 2. The first-order chi connectivity index (χ1) is 13.9. The summed E-state index contributed by atoms with van der Waals surface area (Å²) in [6.07, 6.45) is 3.28. The van der Waals surface area contributed by atoms with Gasteiger partial charge in [0.15, 0.2) is 17.2 Å².